The number of carbonyl (C=O) groups is 2. The number of imidazole rings is 1. The molecule has 15 heterocycles. The molecule has 2 fully saturated rings. The van der Waals surface area contributed by atoms with E-state index in [4.69, 9.17) is 110 Å². The Labute approximate surface area is 874 Å². The summed E-state index contributed by atoms with van der Waals surface area (Å²) in [6, 6.07) is 56.9. The molecule has 0 bridgehead atoms. The number of rotatable bonds is 20. The molecule has 40 heteroatoms. The van der Waals surface area contributed by atoms with Gasteiger partial charge in [0.1, 0.15) is 56.9 Å². The molecule has 34 nitrogen and oxygen atoms in total. The predicted octanol–water partition coefficient (Wildman–Crippen LogP) is 21.2. The first-order chi connectivity index (χ1) is 71.6. The first-order valence-corrected chi connectivity index (χ1v) is 50.5. The van der Waals surface area contributed by atoms with E-state index in [1.807, 2.05) is 205 Å². The largest absolute Gasteiger partial charge is 0.382 e. The highest BCUT2D eigenvalue weighted by Gasteiger charge is 2.31. The number of nitrogens with zero attached hydrogens (tertiary/aromatic N) is 20. The van der Waals surface area contributed by atoms with Crippen LogP contribution < -0.4 is 50.0 Å². The predicted molar refractivity (Wildman–Crippen MR) is 590 cm³/mol. The van der Waals surface area contributed by atoms with Gasteiger partial charge in [0.05, 0.1) is 99.1 Å². The number of aromatic amines is 3. The number of benzene rings is 7. The van der Waals surface area contributed by atoms with Crippen LogP contribution in [0.15, 0.2) is 241 Å². The first kappa shape index (κ1) is 100. The normalized spacial score (nSPS) is 12.6. The topological polar surface area (TPSA) is 491 Å². The molecule has 23 rings (SSSR count). The van der Waals surface area contributed by atoms with Crippen molar-refractivity contribution in [2.24, 2.45) is 25.9 Å². The SMILES string of the molecule is CC(=O)c1nc(-c2cc(Cl)c3ncccc3c2)c(-n2ccccc2=O)nc1N.CN(C)c1nc(-c2cc(Cl)c3[nH]ncc3c2)c(-c2ccccc2)nc1N.Cc1cc(-c2nc(CCc3cccn3C)c(N)nc2-c2ccn(C)n2)cc2cc[nH]c(=O)c12.Cc1cc(-c2nc(N)c(NCC3CCOCC3)nc2-c2cc(Cl)c3nc[nH]c3c2)ns1.Nc1nc(-c2ccccc2)c(-c2cc(Cl)c3ncsc3c2)nc1C(=O)C1CCCC1. The number of anilines is 7. The molecule has 1 aliphatic carbocycles. The number of ketones is 2. The van der Waals surface area contributed by atoms with Crippen LogP contribution in [0.4, 0.5) is 40.7 Å². The Balaban J connectivity index is 0.000000117. The number of nitrogens with one attached hydrogen (secondary N) is 4. The molecule has 2 aliphatic rings. The van der Waals surface area contributed by atoms with E-state index in [1.54, 1.807) is 65.6 Å². The summed E-state index contributed by atoms with van der Waals surface area (Å²) >= 11 is 28.8. The standard InChI is InChI=1S/C25H25N7O.C23H19ClN4OS.C21H22ClN7OS.C20H14ClN5O2.C19H17ClN6/c1-15-13-17(14-16-8-10-27-25(33)21(15)16)22-23(19-9-12-32(3)30-19)29-24(26)20(28-22)7-6-18-5-4-11-31(18)2;24-16-10-15(11-17-20(16)26-12-30-17)19-18(13-6-2-1-3-7-13)28-23(25)21(27-19)22(29)14-8-4-5-9-14;1-11-6-16(29-31-11)19-17(13-7-14(22)18-15(8-13)25-10-26-18)28-21(20(23)27-19)24-9-12-2-4-30-5-3-12;1-11(27)16-19(22)25-20(26-8-3-2-6-15(26)28)18(24-16)13-9-12-5-4-7-23-17(12)14(21)10-13;1-26(2)19-18(21)23-16(11-6-4-3-5-7-11)17(24-19)12-8-13-10-22-25-15(13)14(20)9-12/h4-5,8-14H,6-7H2,1-3H3,(H2,26,29)(H,27,33);1-3,6-7,10-12,14H,4-5,8-9H2,(H2,25,28);6-8,10,12H,2-5,9H2,1H3,(H2,23,27)(H,24,28)(H,25,26);2-10H,1H3,(H2,22,25);3-10H,1-2H3,(H2,21,23)(H,22,25). The number of nitrogen functional groups attached to an aromatic ring is 5. The van der Waals surface area contributed by atoms with Crippen LogP contribution in [-0.2, 0) is 31.7 Å². The number of aryl methyl sites for hydroxylation is 6. The molecule has 0 unspecified atom stereocenters. The van der Waals surface area contributed by atoms with Crippen LogP contribution in [0.1, 0.15) is 88.3 Å². The second-order valence-corrected chi connectivity index (χ2v) is 39.3. The van der Waals surface area contributed by atoms with Crippen molar-refractivity contribution in [3.63, 3.8) is 0 Å². The van der Waals surface area contributed by atoms with Crippen molar-refractivity contribution in [3.05, 3.63) is 305 Å². The summed E-state index contributed by atoms with van der Waals surface area (Å²) in [4.78, 5) is 118. The molecule has 0 amide bonds. The van der Waals surface area contributed by atoms with Gasteiger partial charge in [-0.05, 0) is 184 Å². The van der Waals surface area contributed by atoms with Crippen molar-refractivity contribution >= 4 is 175 Å². The number of hydrogen-bond acceptors (Lipinski definition) is 30. The van der Waals surface area contributed by atoms with Gasteiger partial charge in [-0.3, -0.25) is 38.5 Å². The van der Waals surface area contributed by atoms with Crippen molar-refractivity contribution in [1.82, 2.24) is 108 Å². The van der Waals surface area contributed by atoms with Gasteiger partial charge < -0.3 is 58.2 Å². The fourth-order valence-electron chi connectivity index (χ4n) is 18.0. The maximum atomic E-state index is 13.1. The average Bonchev–Trinajstić information content (AvgIpc) is 1.53. The molecule has 1 saturated heterocycles. The zero-order valence-corrected chi connectivity index (χ0v) is 85.7. The summed E-state index contributed by atoms with van der Waals surface area (Å²) in [5.74, 6) is 2.83. The minimum atomic E-state index is -0.327. The number of pyridine rings is 3. The van der Waals surface area contributed by atoms with E-state index in [0.29, 0.717) is 129 Å². The molecule has 21 aromatic rings. The number of halogens is 4. The van der Waals surface area contributed by atoms with E-state index < -0.39 is 0 Å². The Hall–Kier alpha value is -16.5. The molecule has 0 atom stereocenters. The third kappa shape index (κ3) is 21.6. The molecular weight excluding hydrogens is 1990 g/mol. The van der Waals surface area contributed by atoms with E-state index in [9.17, 15) is 19.2 Å². The van der Waals surface area contributed by atoms with Gasteiger partial charge in [-0.1, -0.05) is 132 Å². The number of ether oxygens (including phenoxy) is 1. The Bertz CT molecular complexity index is 8730. The summed E-state index contributed by atoms with van der Waals surface area (Å²) in [5.41, 5.74) is 52.1. The van der Waals surface area contributed by atoms with Gasteiger partial charge in [-0.2, -0.15) is 14.6 Å². The second kappa shape index (κ2) is 43.8. The fourth-order valence-corrected chi connectivity index (χ4v) is 20.4. The molecule has 148 heavy (non-hydrogen) atoms. The number of fused-ring (bicyclic) bond motifs is 5. The molecule has 0 spiro atoms. The smallest absolute Gasteiger partial charge is 0.256 e. The van der Waals surface area contributed by atoms with Gasteiger partial charge in [-0.15, -0.1) is 11.3 Å². The van der Waals surface area contributed by atoms with Gasteiger partial charge >= 0.3 is 0 Å². The quantitative estimate of drug-likeness (QED) is 0.0320. The van der Waals surface area contributed by atoms with Gasteiger partial charge in [0.15, 0.2) is 52.3 Å². The third-order valence-corrected chi connectivity index (χ3v) is 28.0. The first-order valence-electron chi connectivity index (χ1n) is 47.3. The summed E-state index contributed by atoms with van der Waals surface area (Å²) in [7, 11) is 7.66. The van der Waals surface area contributed by atoms with Crippen molar-refractivity contribution in [3.8, 4) is 107 Å². The lowest BCUT2D eigenvalue weighted by atomic mass is 9.98. The number of hydrogen-bond donors (Lipinski definition) is 9. The van der Waals surface area contributed by atoms with Crippen LogP contribution in [0, 0.1) is 25.7 Å². The van der Waals surface area contributed by atoms with E-state index >= 15 is 0 Å². The molecule has 1 saturated carbocycles. The summed E-state index contributed by atoms with van der Waals surface area (Å²) < 4.78 is 16.1. The van der Waals surface area contributed by atoms with Crippen molar-refractivity contribution in [2.45, 2.75) is 72.1 Å². The fraction of sp³-hybridized carbons (Fsp3) is 0.185. The Morgan fingerprint density at radius 3 is 1.86 bits per heavy atom. The number of H-pyrrole nitrogens is 3. The lowest BCUT2D eigenvalue weighted by Gasteiger charge is -2.23. The average molecular weight is 2090 g/mol. The zero-order valence-electron chi connectivity index (χ0n) is 81.1. The zero-order chi connectivity index (χ0) is 103. The Kier molecular flexibility index (Phi) is 29.7. The van der Waals surface area contributed by atoms with Crippen molar-refractivity contribution < 1.29 is 14.3 Å². The minimum Gasteiger partial charge on any atom is -0.382 e. The monoisotopic (exact) mass is 2080 g/mol. The van der Waals surface area contributed by atoms with Gasteiger partial charge in [0.2, 0.25) is 0 Å². The van der Waals surface area contributed by atoms with Crippen LogP contribution in [0.3, 0.4) is 0 Å². The van der Waals surface area contributed by atoms with Crippen LogP contribution >= 0.6 is 69.3 Å². The summed E-state index contributed by atoms with van der Waals surface area (Å²) in [5, 5.41) is 20.2. The number of thiazole rings is 1. The van der Waals surface area contributed by atoms with Gasteiger partial charge in [0, 0.05) is 164 Å². The van der Waals surface area contributed by atoms with E-state index in [2.05, 4.69) is 80.5 Å². The molecule has 14 N–H and O–H groups in total. The molecule has 744 valence electrons. The van der Waals surface area contributed by atoms with E-state index in [1.165, 1.54) is 46.1 Å². The van der Waals surface area contributed by atoms with E-state index in [-0.39, 0.29) is 57.4 Å². The number of carbonyl (C=O) groups excluding carboxylic acids is 2. The molecule has 7 aromatic carbocycles. The third-order valence-electron chi connectivity index (χ3n) is 25.4. The number of aromatic nitrogens is 22. The highest BCUT2D eigenvalue weighted by Crippen LogP contribution is 2.44. The number of nitrogens with two attached hydrogens (primary N) is 5. The van der Waals surface area contributed by atoms with Crippen LogP contribution in [0.5, 0.6) is 0 Å². The van der Waals surface area contributed by atoms with Gasteiger partial charge in [0.25, 0.3) is 11.1 Å². The molecule has 14 aromatic heterocycles. The highest BCUT2D eigenvalue weighted by molar-refractivity contribution is 7.16. The minimum absolute atomic E-state index is 0.0108. The maximum absolute atomic E-state index is 13.1. The summed E-state index contributed by atoms with van der Waals surface area (Å²) in [6.07, 6.45) is 19.5. The van der Waals surface area contributed by atoms with Crippen LogP contribution in [0.25, 0.3) is 161 Å². The Morgan fingerprint density at radius 2 is 1.16 bits per heavy atom. The number of Topliss-reactive ketones (excluding diaryl/α,β-unsaturated/α-hetero) is 2. The van der Waals surface area contributed by atoms with Crippen LogP contribution in [0.2, 0.25) is 20.1 Å². The molecule has 1 aliphatic heterocycles. The molecular formula is C108H97Cl4N29O5S2. The highest BCUT2D eigenvalue weighted by atomic mass is 35.5. The Morgan fingerprint density at radius 1 is 0.534 bits per heavy atom. The molecule has 0 radical (unpaired) electrons. The van der Waals surface area contributed by atoms with E-state index in [0.717, 1.165) is 169 Å². The summed E-state index contributed by atoms with van der Waals surface area (Å²) in [6.45, 7) is 7.66. The van der Waals surface area contributed by atoms with Gasteiger partial charge in [-0.25, -0.2) is 59.8 Å². The lowest BCUT2D eigenvalue weighted by Crippen LogP contribution is -2.23. The van der Waals surface area contributed by atoms with Crippen LogP contribution in [-0.4, -0.2) is 154 Å². The van der Waals surface area contributed by atoms with Crippen molar-refractivity contribution in [1.29, 1.82) is 0 Å². The van der Waals surface area contributed by atoms with Crippen molar-refractivity contribution in [2.75, 3.05) is 72.7 Å². The second-order valence-electron chi connectivity index (χ2n) is 35.8. The lowest BCUT2D eigenvalue weighted by molar-refractivity contribution is 0.0699. The maximum Gasteiger partial charge on any atom is 0.256 e.